The summed E-state index contributed by atoms with van der Waals surface area (Å²) in [5.41, 5.74) is 9.34. The van der Waals surface area contributed by atoms with Crippen LogP contribution in [-0.4, -0.2) is 28.8 Å². The van der Waals surface area contributed by atoms with Gasteiger partial charge in [0.05, 0.1) is 11.4 Å². The molecular formula is C15H19N5. The van der Waals surface area contributed by atoms with E-state index in [1.165, 1.54) is 25.5 Å². The first-order chi connectivity index (χ1) is 9.83. The molecule has 1 saturated carbocycles. The summed E-state index contributed by atoms with van der Waals surface area (Å²) in [7, 11) is 1.77. The lowest BCUT2D eigenvalue weighted by Gasteiger charge is -2.29. The van der Waals surface area contributed by atoms with Crippen molar-refractivity contribution in [1.82, 2.24) is 9.97 Å². The zero-order valence-electron chi connectivity index (χ0n) is 11.6. The SMILES string of the molecule is CN=C(C=CN)c1cnc2[nH]ccc2c1NC1CCC1. The van der Waals surface area contributed by atoms with Gasteiger partial charge in [-0.15, -0.1) is 0 Å². The van der Waals surface area contributed by atoms with Gasteiger partial charge in [-0.3, -0.25) is 4.99 Å². The number of hydrogen-bond acceptors (Lipinski definition) is 4. The average Bonchev–Trinajstić information content (AvgIpc) is 2.88. The first-order valence-electron chi connectivity index (χ1n) is 6.91. The first-order valence-corrected chi connectivity index (χ1v) is 6.91. The number of nitrogens with one attached hydrogen (secondary N) is 2. The Labute approximate surface area is 118 Å². The smallest absolute Gasteiger partial charge is 0.139 e. The van der Waals surface area contributed by atoms with Crippen LogP contribution >= 0.6 is 0 Å². The third-order valence-corrected chi connectivity index (χ3v) is 3.81. The number of aromatic amines is 1. The second kappa shape index (κ2) is 5.36. The normalized spacial score (nSPS) is 16.8. The summed E-state index contributed by atoms with van der Waals surface area (Å²) < 4.78 is 0. The average molecular weight is 269 g/mol. The molecule has 0 bridgehead atoms. The Morgan fingerprint density at radius 3 is 3.05 bits per heavy atom. The zero-order valence-corrected chi connectivity index (χ0v) is 11.6. The highest BCUT2D eigenvalue weighted by Crippen LogP contribution is 2.31. The van der Waals surface area contributed by atoms with Gasteiger partial charge in [0.25, 0.3) is 0 Å². The minimum atomic E-state index is 0.550. The van der Waals surface area contributed by atoms with Crippen molar-refractivity contribution in [3.63, 3.8) is 0 Å². The summed E-state index contributed by atoms with van der Waals surface area (Å²) >= 11 is 0. The van der Waals surface area contributed by atoms with Crippen LogP contribution in [0.4, 0.5) is 5.69 Å². The molecule has 1 aliphatic carbocycles. The number of aromatic nitrogens is 2. The van der Waals surface area contributed by atoms with E-state index in [9.17, 15) is 0 Å². The Balaban J connectivity index is 2.11. The zero-order chi connectivity index (χ0) is 13.9. The number of nitrogens with zero attached hydrogens (tertiary/aromatic N) is 2. The molecule has 0 unspecified atom stereocenters. The fourth-order valence-corrected chi connectivity index (χ4v) is 2.49. The third kappa shape index (κ3) is 2.15. The molecule has 2 aromatic rings. The maximum Gasteiger partial charge on any atom is 0.139 e. The number of anilines is 1. The number of allylic oxidation sites excluding steroid dienone is 1. The number of H-pyrrole nitrogens is 1. The van der Waals surface area contributed by atoms with Crippen molar-refractivity contribution in [2.45, 2.75) is 25.3 Å². The lowest BCUT2D eigenvalue weighted by atomic mass is 9.92. The Morgan fingerprint density at radius 1 is 1.55 bits per heavy atom. The van der Waals surface area contributed by atoms with E-state index in [1.54, 1.807) is 13.1 Å². The van der Waals surface area contributed by atoms with Gasteiger partial charge in [-0.25, -0.2) is 4.98 Å². The molecule has 0 aliphatic heterocycles. The van der Waals surface area contributed by atoms with E-state index in [0.29, 0.717) is 6.04 Å². The molecule has 5 heteroatoms. The van der Waals surface area contributed by atoms with Crippen LogP contribution in [0.5, 0.6) is 0 Å². The molecule has 104 valence electrons. The number of nitrogens with two attached hydrogens (primary N) is 1. The van der Waals surface area contributed by atoms with E-state index in [-0.39, 0.29) is 0 Å². The van der Waals surface area contributed by atoms with Gasteiger partial charge in [0.1, 0.15) is 5.65 Å². The molecule has 0 atom stereocenters. The third-order valence-electron chi connectivity index (χ3n) is 3.81. The number of hydrogen-bond donors (Lipinski definition) is 3. The van der Waals surface area contributed by atoms with Crippen LogP contribution in [0.2, 0.25) is 0 Å². The van der Waals surface area contributed by atoms with E-state index in [1.807, 2.05) is 18.5 Å². The lowest BCUT2D eigenvalue weighted by molar-refractivity contribution is 0.446. The summed E-state index contributed by atoms with van der Waals surface area (Å²) in [6.45, 7) is 0. The first kappa shape index (κ1) is 12.7. The van der Waals surface area contributed by atoms with Gasteiger partial charge >= 0.3 is 0 Å². The fraction of sp³-hybridized carbons (Fsp3) is 0.333. The monoisotopic (exact) mass is 269 g/mol. The molecule has 0 saturated heterocycles. The summed E-state index contributed by atoms with van der Waals surface area (Å²) in [6, 6.07) is 2.60. The Morgan fingerprint density at radius 2 is 2.40 bits per heavy atom. The highest BCUT2D eigenvalue weighted by Gasteiger charge is 2.21. The molecule has 1 aliphatic rings. The number of pyridine rings is 1. The molecule has 20 heavy (non-hydrogen) atoms. The van der Waals surface area contributed by atoms with Crippen LogP contribution in [0.25, 0.3) is 11.0 Å². The molecule has 4 N–H and O–H groups in total. The van der Waals surface area contributed by atoms with Gasteiger partial charge in [-0.05, 0) is 37.6 Å². The van der Waals surface area contributed by atoms with Crippen LogP contribution in [-0.2, 0) is 0 Å². The van der Waals surface area contributed by atoms with Gasteiger partial charge in [0, 0.05) is 36.4 Å². The lowest BCUT2D eigenvalue weighted by Crippen LogP contribution is -2.28. The van der Waals surface area contributed by atoms with E-state index >= 15 is 0 Å². The molecular weight excluding hydrogens is 250 g/mol. The maximum absolute atomic E-state index is 5.52. The maximum atomic E-state index is 5.52. The van der Waals surface area contributed by atoms with Crippen molar-refractivity contribution in [2.24, 2.45) is 10.7 Å². The largest absolute Gasteiger partial charge is 0.405 e. The molecule has 2 heterocycles. The van der Waals surface area contributed by atoms with E-state index < -0.39 is 0 Å². The number of rotatable bonds is 4. The Bertz CT molecular complexity index is 664. The van der Waals surface area contributed by atoms with Crippen molar-refractivity contribution < 1.29 is 0 Å². The minimum absolute atomic E-state index is 0.550. The van der Waals surface area contributed by atoms with Gasteiger partial charge in [-0.2, -0.15) is 0 Å². The minimum Gasteiger partial charge on any atom is -0.405 e. The van der Waals surface area contributed by atoms with Crippen LogP contribution in [0.15, 0.2) is 35.7 Å². The molecule has 1 fully saturated rings. The van der Waals surface area contributed by atoms with Crippen LogP contribution in [0.3, 0.4) is 0 Å². The summed E-state index contributed by atoms with van der Waals surface area (Å²) in [6.07, 6.45) is 10.8. The predicted molar refractivity (Wildman–Crippen MR) is 83.1 cm³/mol. The second-order valence-electron chi connectivity index (χ2n) is 5.03. The van der Waals surface area contributed by atoms with Crippen LogP contribution in [0, 0.1) is 0 Å². The second-order valence-corrected chi connectivity index (χ2v) is 5.03. The van der Waals surface area contributed by atoms with E-state index in [0.717, 1.165) is 28.0 Å². The molecule has 3 rings (SSSR count). The van der Waals surface area contributed by atoms with Crippen molar-refractivity contribution in [3.05, 3.63) is 36.3 Å². The van der Waals surface area contributed by atoms with Gasteiger partial charge in [-0.1, -0.05) is 0 Å². The Hall–Kier alpha value is -2.30. The molecule has 2 aromatic heterocycles. The number of aliphatic imine (C=N–C) groups is 1. The van der Waals surface area contributed by atoms with Crippen molar-refractivity contribution in [2.75, 3.05) is 12.4 Å². The fourth-order valence-electron chi connectivity index (χ4n) is 2.49. The highest BCUT2D eigenvalue weighted by molar-refractivity contribution is 6.15. The molecule has 0 amide bonds. The van der Waals surface area contributed by atoms with Crippen LogP contribution < -0.4 is 11.1 Å². The summed E-state index contributed by atoms with van der Waals surface area (Å²) in [4.78, 5) is 11.9. The van der Waals surface area contributed by atoms with Crippen molar-refractivity contribution in [3.8, 4) is 0 Å². The number of fused-ring (bicyclic) bond motifs is 1. The van der Waals surface area contributed by atoms with E-state index in [2.05, 4.69) is 20.3 Å². The van der Waals surface area contributed by atoms with Crippen molar-refractivity contribution in [1.29, 1.82) is 0 Å². The summed E-state index contributed by atoms with van der Waals surface area (Å²) in [5.74, 6) is 0. The van der Waals surface area contributed by atoms with Crippen LogP contribution in [0.1, 0.15) is 24.8 Å². The molecule has 5 nitrogen and oxygen atoms in total. The quantitative estimate of drug-likeness (QED) is 0.746. The Kier molecular flexibility index (Phi) is 3.41. The van der Waals surface area contributed by atoms with Gasteiger partial charge in [0.2, 0.25) is 0 Å². The van der Waals surface area contributed by atoms with Gasteiger partial charge in [0.15, 0.2) is 0 Å². The topological polar surface area (TPSA) is 79.1 Å². The molecule has 0 spiro atoms. The summed E-state index contributed by atoms with van der Waals surface area (Å²) in [5, 5.41) is 4.73. The molecule has 0 radical (unpaired) electrons. The van der Waals surface area contributed by atoms with E-state index in [4.69, 9.17) is 5.73 Å². The highest BCUT2D eigenvalue weighted by atomic mass is 15.0. The predicted octanol–water partition coefficient (Wildman–Crippen LogP) is 2.42. The van der Waals surface area contributed by atoms with Gasteiger partial charge < -0.3 is 16.0 Å². The molecule has 0 aromatic carbocycles. The van der Waals surface area contributed by atoms with Crippen molar-refractivity contribution >= 4 is 22.4 Å². The standard InChI is InChI=1S/C15H19N5/c1-17-13(5-7-16)12-9-19-15-11(6-8-18-15)14(12)20-10-3-2-4-10/h5-10H,2-4,16H2,1H3,(H2,18,19,20).